The summed E-state index contributed by atoms with van der Waals surface area (Å²) in [7, 11) is 0. The molecule has 0 fully saturated rings. The molecule has 8 heavy (non-hydrogen) atoms. The number of hydrogen-bond donors (Lipinski definition) is 1. The lowest BCUT2D eigenvalue weighted by Crippen LogP contribution is -2.00. The lowest BCUT2D eigenvalue weighted by Gasteiger charge is -1.87. The van der Waals surface area contributed by atoms with E-state index in [-0.39, 0.29) is 12.6 Å². The molecule has 0 radical (unpaired) electrons. The van der Waals surface area contributed by atoms with Gasteiger partial charge in [0.15, 0.2) is 6.73 Å². The summed E-state index contributed by atoms with van der Waals surface area (Å²) < 4.78 is 4.47. The van der Waals surface area contributed by atoms with Gasteiger partial charge in [-0.2, -0.15) is 0 Å². The number of ether oxygens (including phenoxy) is 1. The molecule has 5 heteroatoms. The highest BCUT2D eigenvalue weighted by molar-refractivity contribution is 4.83. The van der Waals surface area contributed by atoms with Crippen LogP contribution in [-0.2, 0) is 4.74 Å². The highest BCUT2D eigenvalue weighted by Gasteiger charge is 2.15. The molecule has 0 aromatic carbocycles. The molecule has 0 bridgehead atoms. The van der Waals surface area contributed by atoms with E-state index >= 15 is 0 Å². The van der Waals surface area contributed by atoms with E-state index in [4.69, 9.17) is 0 Å². The summed E-state index contributed by atoms with van der Waals surface area (Å²) >= 11 is 0. The van der Waals surface area contributed by atoms with Crippen molar-refractivity contribution >= 4 is 0 Å². The predicted octanol–water partition coefficient (Wildman–Crippen LogP) is -0.361. The second kappa shape index (κ2) is 1.69. The maximum Gasteiger partial charge on any atom is 0.445 e. The smallest absolute Gasteiger partial charge is 0.418 e. The Bertz CT molecular complexity index is 141. The third-order valence-corrected chi connectivity index (χ3v) is 0.709. The van der Waals surface area contributed by atoms with Gasteiger partial charge in [-0.1, -0.05) is 0 Å². The SMILES string of the molecule is O=[N+]([O-])C1=CNCO1. The van der Waals surface area contributed by atoms with Crippen molar-refractivity contribution in [3.63, 3.8) is 0 Å². The van der Waals surface area contributed by atoms with Crippen molar-refractivity contribution in [2.24, 2.45) is 0 Å². The first kappa shape index (κ1) is 4.89. The largest absolute Gasteiger partial charge is 0.445 e. The number of nitro groups is 1. The van der Waals surface area contributed by atoms with E-state index in [9.17, 15) is 10.1 Å². The molecular formula is C3H4N2O3. The normalized spacial score (nSPS) is 16.2. The monoisotopic (exact) mass is 116 g/mol. The average Bonchev–Trinajstić information content (AvgIpc) is 2.12. The first-order valence-electron chi connectivity index (χ1n) is 2.01. The van der Waals surface area contributed by atoms with Crippen LogP contribution in [0.3, 0.4) is 0 Å². The van der Waals surface area contributed by atoms with E-state index in [0.29, 0.717) is 0 Å². The molecule has 44 valence electrons. The van der Waals surface area contributed by atoms with Gasteiger partial charge < -0.3 is 10.1 Å². The van der Waals surface area contributed by atoms with Crippen molar-refractivity contribution < 1.29 is 9.66 Å². The van der Waals surface area contributed by atoms with Crippen LogP contribution >= 0.6 is 0 Å². The Kier molecular flexibility index (Phi) is 1.03. The molecule has 1 N–H and O–H groups in total. The third kappa shape index (κ3) is 0.699. The molecule has 0 saturated heterocycles. The third-order valence-electron chi connectivity index (χ3n) is 0.709. The fourth-order valence-corrected chi connectivity index (χ4v) is 0.392. The average molecular weight is 116 g/mol. The van der Waals surface area contributed by atoms with E-state index in [1.54, 1.807) is 0 Å². The molecule has 1 aliphatic heterocycles. The minimum absolute atomic E-state index is 0.205. The molecule has 0 amide bonds. The zero-order chi connectivity index (χ0) is 5.98. The fraction of sp³-hybridized carbons (Fsp3) is 0.333. The maximum atomic E-state index is 9.77. The zero-order valence-corrected chi connectivity index (χ0v) is 3.96. The molecule has 0 spiro atoms. The number of rotatable bonds is 1. The van der Waals surface area contributed by atoms with Crippen LogP contribution in [0.4, 0.5) is 0 Å². The second-order valence-electron chi connectivity index (χ2n) is 1.23. The maximum absolute atomic E-state index is 9.77. The first-order chi connectivity index (χ1) is 3.80. The van der Waals surface area contributed by atoms with Crippen LogP contribution in [0.15, 0.2) is 12.1 Å². The summed E-state index contributed by atoms with van der Waals surface area (Å²) in [5.74, 6) is -0.218. The van der Waals surface area contributed by atoms with Gasteiger partial charge in [0.25, 0.3) is 0 Å². The van der Waals surface area contributed by atoms with Crippen LogP contribution in [0.5, 0.6) is 0 Å². The van der Waals surface area contributed by atoms with Gasteiger partial charge in [-0.15, -0.1) is 0 Å². The lowest BCUT2D eigenvalue weighted by molar-refractivity contribution is -0.460. The molecule has 1 rings (SSSR count). The minimum Gasteiger partial charge on any atom is -0.418 e. The summed E-state index contributed by atoms with van der Waals surface area (Å²) in [5.41, 5.74) is 0. The quantitative estimate of drug-likeness (QED) is 0.375. The second-order valence-corrected chi connectivity index (χ2v) is 1.23. The van der Waals surface area contributed by atoms with Gasteiger partial charge in [0.2, 0.25) is 0 Å². The molecule has 0 unspecified atom stereocenters. The molecule has 0 saturated carbocycles. The van der Waals surface area contributed by atoms with E-state index < -0.39 is 4.92 Å². The topological polar surface area (TPSA) is 64.4 Å². The van der Waals surface area contributed by atoms with Gasteiger partial charge in [-0.3, -0.25) is 10.1 Å². The summed E-state index contributed by atoms with van der Waals surface area (Å²) in [6, 6.07) is 0. The molecule has 0 aromatic rings. The summed E-state index contributed by atoms with van der Waals surface area (Å²) in [4.78, 5) is 9.19. The van der Waals surface area contributed by atoms with Crippen LogP contribution in [0, 0.1) is 10.1 Å². The Morgan fingerprint density at radius 1 is 2.00 bits per heavy atom. The summed E-state index contributed by atoms with van der Waals surface area (Å²) in [5, 5.41) is 12.3. The van der Waals surface area contributed by atoms with Crippen molar-refractivity contribution in [2.75, 3.05) is 6.73 Å². The Morgan fingerprint density at radius 3 is 3.00 bits per heavy atom. The van der Waals surface area contributed by atoms with Crippen LogP contribution in [0.2, 0.25) is 0 Å². The Morgan fingerprint density at radius 2 is 2.75 bits per heavy atom. The van der Waals surface area contributed by atoms with Gasteiger partial charge in [0, 0.05) is 0 Å². The highest BCUT2D eigenvalue weighted by Crippen LogP contribution is 1.99. The summed E-state index contributed by atoms with van der Waals surface area (Å²) in [6.45, 7) is 0.205. The van der Waals surface area contributed by atoms with E-state index in [1.807, 2.05) is 0 Å². The molecule has 0 atom stereocenters. The van der Waals surface area contributed by atoms with Crippen molar-refractivity contribution in [3.05, 3.63) is 22.2 Å². The highest BCUT2D eigenvalue weighted by atomic mass is 16.7. The van der Waals surface area contributed by atoms with Crippen molar-refractivity contribution in [3.8, 4) is 0 Å². The Hall–Kier alpha value is -1.26. The van der Waals surface area contributed by atoms with Crippen LogP contribution in [0.1, 0.15) is 0 Å². The van der Waals surface area contributed by atoms with Crippen LogP contribution in [0.25, 0.3) is 0 Å². The molecule has 0 aromatic heterocycles. The first-order valence-corrected chi connectivity index (χ1v) is 2.01. The van der Waals surface area contributed by atoms with Crippen LogP contribution in [-0.4, -0.2) is 11.7 Å². The predicted molar refractivity (Wildman–Crippen MR) is 24.2 cm³/mol. The lowest BCUT2D eigenvalue weighted by atomic mass is 10.9. The van der Waals surface area contributed by atoms with Crippen molar-refractivity contribution in [1.29, 1.82) is 0 Å². The molecule has 1 heterocycles. The standard InChI is InChI=1S/C3H4N2O3/c6-5(7)3-1-4-2-8-3/h1,4H,2H2. The minimum atomic E-state index is -0.583. The Labute approximate surface area is 45.1 Å². The van der Waals surface area contributed by atoms with Gasteiger partial charge in [-0.25, -0.2) is 0 Å². The zero-order valence-electron chi connectivity index (χ0n) is 3.96. The fourth-order valence-electron chi connectivity index (χ4n) is 0.392. The van der Waals surface area contributed by atoms with Crippen LogP contribution < -0.4 is 5.32 Å². The van der Waals surface area contributed by atoms with Gasteiger partial charge >= 0.3 is 5.88 Å². The van der Waals surface area contributed by atoms with Gasteiger partial charge in [0.05, 0.1) is 0 Å². The summed E-state index contributed by atoms with van der Waals surface area (Å²) in [6.07, 6.45) is 1.22. The Balaban J connectivity index is 2.57. The molecule has 5 nitrogen and oxygen atoms in total. The number of nitrogens with one attached hydrogen (secondary N) is 1. The van der Waals surface area contributed by atoms with E-state index in [0.717, 1.165) is 0 Å². The van der Waals surface area contributed by atoms with E-state index in [2.05, 4.69) is 10.1 Å². The number of hydrogen-bond acceptors (Lipinski definition) is 4. The van der Waals surface area contributed by atoms with Gasteiger partial charge in [0.1, 0.15) is 11.1 Å². The van der Waals surface area contributed by atoms with Crippen molar-refractivity contribution in [1.82, 2.24) is 5.32 Å². The molecular weight excluding hydrogens is 112 g/mol. The van der Waals surface area contributed by atoms with Gasteiger partial charge in [-0.05, 0) is 0 Å². The molecule has 0 aliphatic carbocycles. The number of nitrogens with zero attached hydrogens (tertiary/aromatic N) is 1. The van der Waals surface area contributed by atoms with E-state index in [1.165, 1.54) is 6.20 Å². The van der Waals surface area contributed by atoms with Crippen molar-refractivity contribution in [2.45, 2.75) is 0 Å². The molecule has 1 aliphatic rings.